The van der Waals surface area contributed by atoms with Crippen molar-refractivity contribution in [2.24, 2.45) is 0 Å². The quantitative estimate of drug-likeness (QED) is 0.205. The van der Waals surface area contributed by atoms with Crippen molar-refractivity contribution in [3.63, 3.8) is 0 Å². The number of halogens is 2. The van der Waals surface area contributed by atoms with E-state index in [4.69, 9.17) is 11.6 Å². The summed E-state index contributed by atoms with van der Waals surface area (Å²) in [5.41, 5.74) is 1.12. The predicted octanol–water partition coefficient (Wildman–Crippen LogP) is 5.47. The monoisotopic (exact) mass is 667 g/mol. The van der Waals surface area contributed by atoms with Gasteiger partial charge in [-0.2, -0.15) is 0 Å². The van der Waals surface area contributed by atoms with Gasteiger partial charge < -0.3 is 10.2 Å². The van der Waals surface area contributed by atoms with Gasteiger partial charge in [0.15, 0.2) is 0 Å². The molecule has 7 nitrogen and oxygen atoms in total. The van der Waals surface area contributed by atoms with E-state index in [1.807, 2.05) is 6.92 Å². The summed E-state index contributed by atoms with van der Waals surface area (Å²) in [5.74, 6) is -0.802. The molecular weight excluding hydrogens is 637 g/mol. The second-order valence-electron chi connectivity index (χ2n) is 8.77. The molecule has 0 aromatic heterocycles. The van der Waals surface area contributed by atoms with Crippen LogP contribution in [0.15, 0.2) is 83.8 Å². The number of nitrogens with one attached hydrogen (secondary N) is 1. The molecule has 0 fully saturated rings. The first-order valence-electron chi connectivity index (χ1n) is 12.3. The molecular formula is C28H31ClIN3O4S. The van der Waals surface area contributed by atoms with Crippen LogP contribution in [0.25, 0.3) is 0 Å². The molecule has 0 aliphatic heterocycles. The molecule has 0 unspecified atom stereocenters. The zero-order valence-corrected chi connectivity index (χ0v) is 25.0. The molecule has 38 heavy (non-hydrogen) atoms. The van der Waals surface area contributed by atoms with Crippen LogP contribution in [0.5, 0.6) is 0 Å². The lowest BCUT2D eigenvalue weighted by Crippen LogP contribution is -2.51. The highest BCUT2D eigenvalue weighted by molar-refractivity contribution is 14.1. The van der Waals surface area contributed by atoms with Crippen molar-refractivity contribution < 1.29 is 18.0 Å². The molecule has 3 aromatic carbocycles. The molecule has 0 saturated carbocycles. The number of unbranched alkanes of at least 4 members (excludes halogenated alkanes) is 1. The number of sulfonamides is 1. The fourth-order valence-corrected chi connectivity index (χ4v) is 5.68. The summed E-state index contributed by atoms with van der Waals surface area (Å²) in [6.45, 7) is 3.82. The van der Waals surface area contributed by atoms with Gasteiger partial charge in [0.05, 0.1) is 10.6 Å². The summed E-state index contributed by atoms with van der Waals surface area (Å²) in [6, 6.07) is 21.0. The number of carbonyl (C=O) groups is 2. The molecule has 1 N–H and O–H groups in total. The molecule has 0 aliphatic carbocycles. The highest BCUT2D eigenvalue weighted by Crippen LogP contribution is 2.25. The molecule has 0 spiro atoms. The van der Waals surface area contributed by atoms with E-state index < -0.39 is 28.5 Å². The molecule has 3 rings (SSSR count). The number of nitrogens with zero attached hydrogens (tertiary/aromatic N) is 2. The van der Waals surface area contributed by atoms with E-state index in [9.17, 15) is 18.0 Å². The van der Waals surface area contributed by atoms with Crippen LogP contribution in [0.4, 0.5) is 5.69 Å². The normalized spacial score (nSPS) is 12.0. The van der Waals surface area contributed by atoms with Crippen LogP contribution in [-0.2, 0) is 26.2 Å². The van der Waals surface area contributed by atoms with E-state index in [2.05, 4.69) is 27.9 Å². The van der Waals surface area contributed by atoms with Gasteiger partial charge in [-0.05, 0) is 90.0 Å². The molecule has 3 aromatic rings. The summed E-state index contributed by atoms with van der Waals surface area (Å²) >= 11 is 8.17. The molecule has 0 saturated heterocycles. The SMILES string of the molecule is CCCCNC(=O)[C@H](C)N(Cc1ccc(Cl)cc1)C(=O)CN(c1ccc(I)cc1)S(=O)(=O)c1ccccc1. The third-order valence-electron chi connectivity index (χ3n) is 5.99. The minimum Gasteiger partial charge on any atom is -0.354 e. The minimum absolute atomic E-state index is 0.0703. The average Bonchev–Trinajstić information content (AvgIpc) is 2.92. The Morgan fingerprint density at radius 3 is 2.21 bits per heavy atom. The van der Waals surface area contributed by atoms with Crippen molar-refractivity contribution in [3.05, 3.63) is 93.0 Å². The van der Waals surface area contributed by atoms with Gasteiger partial charge in [0.2, 0.25) is 11.8 Å². The topological polar surface area (TPSA) is 86.8 Å². The molecule has 1 atom stereocenters. The van der Waals surface area contributed by atoms with Gasteiger partial charge in [-0.15, -0.1) is 0 Å². The van der Waals surface area contributed by atoms with E-state index in [1.165, 1.54) is 17.0 Å². The third kappa shape index (κ3) is 7.94. The van der Waals surface area contributed by atoms with Gasteiger partial charge in [0.1, 0.15) is 12.6 Å². The summed E-state index contributed by atoms with van der Waals surface area (Å²) in [5, 5.41) is 3.43. The van der Waals surface area contributed by atoms with Crippen LogP contribution >= 0.6 is 34.2 Å². The van der Waals surface area contributed by atoms with Gasteiger partial charge in [0, 0.05) is 21.7 Å². The molecule has 0 radical (unpaired) electrons. The maximum Gasteiger partial charge on any atom is 0.264 e. The van der Waals surface area contributed by atoms with Crippen molar-refractivity contribution >= 4 is 61.7 Å². The van der Waals surface area contributed by atoms with Gasteiger partial charge in [-0.1, -0.05) is 55.3 Å². The van der Waals surface area contributed by atoms with Crippen molar-refractivity contribution in [1.29, 1.82) is 0 Å². The van der Waals surface area contributed by atoms with Gasteiger partial charge in [0.25, 0.3) is 10.0 Å². The Bertz CT molecular complexity index is 1320. The zero-order chi connectivity index (χ0) is 27.7. The highest BCUT2D eigenvalue weighted by atomic mass is 127. The van der Waals surface area contributed by atoms with Gasteiger partial charge in [-0.25, -0.2) is 8.42 Å². The zero-order valence-electron chi connectivity index (χ0n) is 21.3. The molecule has 0 aliphatic rings. The van der Waals surface area contributed by atoms with Crippen LogP contribution < -0.4 is 9.62 Å². The summed E-state index contributed by atoms with van der Waals surface area (Å²) in [4.78, 5) is 28.3. The smallest absolute Gasteiger partial charge is 0.264 e. The summed E-state index contributed by atoms with van der Waals surface area (Å²) in [7, 11) is -4.07. The van der Waals surface area contributed by atoms with E-state index in [0.717, 1.165) is 26.3 Å². The van der Waals surface area contributed by atoms with Gasteiger partial charge >= 0.3 is 0 Å². The van der Waals surface area contributed by atoms with Crippen molar-refractivity contribution in [2.75, 3.05) is 17.4 Å². The Morgan fingerprint density at radius 2 is 1.61 bits per heavy atom. The van der Waals surface area contributed by atoms with E-state index in [0.29, 0.717) is 17.3 Å². The van der Waals surface area contributed by atoms with E-state index in [-0.39, 0.29) is 17.3 Å². The highest BCUT2D eigenvalue weighted by Gasteiger charge is 2.32. The van der Waals surface area contributed by atoms with Crippen molar-refractivity contribution in [1.82, 2.24) is 10.2 Å². The third-order valence-corrected chi connectivity index (χ3v) is 8.75. The molecule has 0 heterocycles. The number of amides is 2. The lowest BCUT2D eigenvalue weighted by Gasteiger charge is -2.32. The molecule has 202 valence electrons. The van der Waals surface area contributed by atoms with E-state index >= 15 is 0 Å². The molecule has 2 amide bonds. The average molecular weight is 668 g/mol. The first-order chi connectivity index (χ1) is 18.1. The van der Waals surface area contributed by atoms with Gasteiger partial charge in [-0.3, -0.25) is 13.9 Å². The number of anilines is 1. The maximum atomic E-state index is 13.8. The van der Waals surface area contributed by atoms with Crippen molar-refractivity contribution in [2.45, 2.75) is 44.2 Å². The first kappa shape index (κ1) is 29.9. The van der Waals surface area contributed by atoms with Crippen LogP contribution in [-0.4, -0.2) is 44.3 Å². The standard InChI is InChI=1S/C28H31ClIN3O4S/c1-3-4-18-31-28(35)21(2)32(19-22-10-12-23(29)13-11-22)27(34)20-33(25-16-14-24(30)15-17-25)38(36,37)26-8-6-5-7-9-26/h5-17,21H,3-4,18-20H2,1-2H3,(H,31,35)/t21-/m0/s1. The Balaban J connectivity index is 1.97. The number of hydrogen-bond acceptors (Lipinski definition) is 4. The van der Waals surface area contributed by atoms with Crippen LogP contribution in [0.1, 0.15) is 32.3 Å². The van der Waals surface area contributed by atoms with Crippen LogP contribution in [0.3, 0.4) is 0 Å². The second kappa shape index (κ2) is 14.0. The molecule has 10 heteroatoms. The Kier molecular flexibility index (Phi) is 11.0. The Morgan fingerprint density at radius 1 is 0.974 bits per heavy atom. The predicted molar refractivity (Wildman–Crippen MR) is 160 cm³/mol. The van der Waals surface area contributed by atoms with Crippen LogP contribution in [0.2, 0.25) is 5.02 Å². The lowest BCUT2D eigenvalue weighted by molar-refractivity contribution is -0.139. The van der Waals surface area contributed by atoms with E-state index in [1.54, 1.807) is 73.7 Å². The fourth-order valence-electron chi connectivity index (χ4n) is 3.76. The maximum absolute atomic E-state index is 13.8. The Labute approximate surface area is 243 Å². The van der Waals surface area contributed by atoms with Crippen molar-refractivity contribution in [3.8, 4) is 0 Å². The minimum atomic E-state index is -4.07. The number of benzene rings is 3. The lowest BCUT2D eigenvalue weighted by atomic mass is 10.1. The second-order valence-corrected chi connectivity index (χ2v) is 12.3. The number of hydrogen-bond donors (Lipinski definition) is 1. The summed E-state index contributed by atoms with van der Waals surface area (Å²) in [6.07, 6.45) is 1.74. The number of rotatable bonds is 12. The largest absolute Gasteiger partial charge is 0.354 e. The Hall–Kier alpha value is -2.63. The fraction of sp³-hybridized carbons (Fsp3) is 0.286. The van der Waals surface area contributed by atoms with Crippen LogP contribution in [0, 0.1) is 3.57 Å². The number of carbonyl (C=O) groups excluding carboxylic acids is 2. The first-order valence-corrected chi connectivity index (χ1v) is 15.2. The molecule has 0 bridgehead atoms. The summed E-state index contributed by atoms with van der Waals surface area (Å²) < 4.78 is 29.4.